The molecule has 0 amide bonds. The summed E-state index contributed by atoms with van der Waals surface area (Å²) in [5.74, 6) is 0.775. The predicted octanol–water partition coefficient (Wildman–Crippen LogP) is 4.83. The third-order valence-corrected chi connectivity index (χ3v) is 8.95. The Bertz CT molecular complexity index is 1430. The summed E-state index contributed by atoms with van der Waals surface area (Å²) < 4.78 is 16.8. The largest absolute Gasteiger partial charge is 0.491 e. The Labute approximate surface area is 278 Å². The molecule has 0 aromatic heterocycles. The van der Waals surface area contributed by atoms with E-state index < -0.39 is 17.7 Å². The highest BCUT2D eigenvalue weighted by atomic mass is 16.6. The van der Waals surface area contributed by atoms with E-state index in [4.69, 9.17) is 14.2 Å². The van der Waals surface area contributed by atoms with E-state index in [-0.39, 0.29) is 18.7 Å². The van der Waals surface area contributed by atoms with Gasteiger partial charge in [-0.05, 0) is 86.5 Å². The van der Waals surface area contributed by atoms with Gasteiger partial charge in [0.05, 0.1) is 0 Å². The molecular weight excluding hydrogens is 596 g/mol. The number of rotatable bonds is 11. The zero-order valence-electron chi connectivity index (χ0n) is 28.5. The number of hydrogen-bond acceptors (Lipinski definition) is 9. The van der Waals surface area contributed by atoms with Gasteiger partial charge < -0.3 is 29.7 Å². The summed E-state index contributed by atoms with van der Waals surface area (Å²) in [6.45, 7) is 14.8. The van der Waals surface area contributed by atoms with Crippen LogP contribution in [0.1, 0.15) is 61.4 Å². The van der Waals surface area contributed by atoms with Crippen LogP contribution in [0.5, 0.6) is 11.5 Å². The minimum absolute atomic E-state index is 0.131. The fourth-order valence-electron chi connectivity index (χ4n) is 6.12. The minimum atomic E-state index is -1.78. The quantitative estimate of drug-likeness (QED) is 0.199. The molecule has 3 aliphatic rings. The number of nitrogens with zero attached hydrogens (tertiary/aromatic N) is 1. The Kier molecular flexibility index (Phi) is 12.6. The van der Waals surface area contributed by atoms with E-state index in [1.807, 2.05) is 77.1 Å². The molecule has 3 aliphatic heterocycles. The van der Waals surface area contributed by atoms with Gasteiger partial charge in [-0.15, -0.1) is 0 Å². The fraction of sp³-hybridized carbons (Fsp3) is 0.474. The lowest BCUT2D eigenvalue weighted by Gasteiger charge is -2.44. The van der Waals surface area contributed by atoms with Crippen molar-refractivity contribution in [3.05, 3.63) is 94.5 Å². The van der Waals surface area contributed by atoms with Gasteiger partial charge in [0.2, 0.25) is 5.60 Å². The van der Waals surface area contributed by atoms with E-state index >= 15 is 0 Å². The van der Waals surface area contributed by atoms with Crippen LogP contribution >= 0.6 is 0 Å². The van der Waals surface area contributed by atoms with Gasteiger partial charge in [0.1, 0.15) is 30.3 Å². The number of fused-ring (bicyclic) bond motifs is 3. The highest BCUT2D eigenvalue weighted by Crippen LogP contribution is 2.36. The number of piperidine rings is 3. The zero-order chi connectivity index (χ0) is 34.1. The van der Waals surface area contributed by atoms with Crippen LogP contribution in [0.25, 0.3) is 0 Å². The molecular formula is C38H50N2O7. The Morgan fingerprint density at radius 2 is 1.53 bits per heavy atom. The highest BCUT2D eigenvalue weighted by molar-refractivity contribution is 5.85. The van der Waals surface area contributed by atoms with Crippen molar-refractivity contribution in [2.45, 2.75) is 78.2 Å². The van der Waals surface area contributed by atoms with Crippen LogP contribution in [0.3, 0.4) is 0 Å². The number of esters is 2. The molecule has 2 bridgehead atoms. The number of aryl methyl sites for hydroxylation is 1. The summed E-state index contributed by atoms with van der Waals surface area (Å²) in [4.78, 5) is 26.6. The van der Waals surface area contributed by atoms with Crippen molar-refractivity contribution in [3.63, 3.8) is 0 Å². The number of hydrogen-bond donors (Lipinski definition) is 3. The van der Waals surface area contributed by atoms with Gasteiger partial charge in [0.15, 0.2) is 0 Å². The molecule has 3 aromatic rings. The van der Waals surface area contributed by atoms with E-state index in [2.05, 4.69) is 10.2 Å². The molecule has 3 N–H and O–H groups in total. The topological polar surface area (TPSA) is 118 Å². The normalized spacial score (nSPS) is 19.4. The average molecular weight is 647 g/mol. The monoisotopic (exact) mass is 646 g/mol. The van der Waals surface area contributed by atoms with Crippen LogP contribution in [0.2, 0.25) is 0 Å². The van der Waals surface area contributed by atoms with Crippen LogP contribution < -0.4 is 14.8 Å². The molecule has 2 atom stereocenters. The van der Waals surface area contributed by atoms with Gasteiger partial charge in [0.25, 0.3) is 0 Å². The van der Waals surface area contributed by atoms with Gasteiger partial charge in [-0.1, -0.05) is 74.5 Å². The number of nitrogens with one attached hydrogen (secondary N) is 1. The molecule has 47 heavy (non-hydrogen) atoms. The zero-order valence-corrected chi connectivity index (χ0v) is 28.5. The molecule has 9 heteroatoms. The lowest BCUT2D eigenvalue weighted by Crippen LogP contribution is -2.53. The molecule has 0 spiro atoms. The Morgan fingerprint density at radius 1 is 0.957 bits per heavy atom. The number of aliphatic hydroxyl groups is 2. The number of benzene rings is 3. The van der Waals surface area contributed by atoms with Gasteiger partial charge in [-0.25, -0.2) is 4.79 Å². The second kappa shape index (κ2) is 16.4. The lowest BCUT2D eigenvalue weighted by molar-refractivity contribution is -0.177. The van der Waals surface area contributed by atoms with Gasteiger partial charge in [-0.3, -0.25) is 9.69 Å². The lowest BCUT2D eigenvalue weighted by atomic mass is 9.84. The standard InChI is InChI=1S/C21H23NO3.C17H27NO4/c23-20(25-19-15-22-13-11-16(19)12-14-22)21(24,17-7-3-1-4-8-17)18-9-5-2-6-10-18;1-10(2)18-8-15(20)9-21-16-7-11(3)17(22-14(6)19)13(5)12(16)4/h1-10,16,19,24H,11-15H2;7,10,15,18,20H,8-9H2,1-6H3. The second-order valence-electron chi connectivity index (χ2n) is 12.9. The van der Waals surface area contributed by atoms with Crippen molar-refractivity contribution in [3.8, 4) is 11.5 Å². The van der Waals surface area contributed by atoms with Crippen molar-refractivity contribution in [1.82, 2.24) is 10.2 Å². The highest BCUT2D eigenvalue weighted by Gasteiger charge is 2.45. The van der Waals surface area contributed by atoms with E-state index in [0.29, 0.717) is 41.1 Å². The van der Waals surface area contributed by atoms with Crippen LogP contribution in [-0.4, -0.2) is 78.1 Å². The first-order chi connectivity index (χ1) is 22.4. The third kappa shape index (κ3) is 9.20. The molecule has 0 aliphatic carbocycles. The van der Waals surface area contributed by atoms with E-state index in [1.165, 1.54) is 6.92 Å². The average Bonchev–Trinajstić information content (AvgIpc) is 3.07. The SMILES string of the molecule is CC(=O)Oc1c(C)cc(OCC(O)CNC(C)C)c(C)c1C.O=C(OC1CN2CCC1CC2)C(O)(c1ccccc1)c1ccccc1. The first-order valence-corrected chi connectivity index (χ1v) is 16.5. The second-order valence-corrected chi connectivity index (χ2v) is 12.9. The molecule has 3 fully saturated rings. The predicted molar refractivity (Wildman–Crippen MR) is 182 cm³/mol. The summed E-state index contributed by atoms with van der Waals surface area (Å²) in [5.41, 5.74) is 1.91. The maximum Gasteiger partial charge on any atom is 0.348 e. The Balaban J connectivity index is 0.000000215. The maximum absolute atomic E-state index is 13.1. The number of aliphatic hydroxyl groups excluding tert-OH is 1. The number of carbonyl (C=O) groups excluding carboxylic acids is 2. The molecule has 0 radical (unpaired) electrons. The fourth-order valence-corrected chi connectivity index (χ4v) is 6.12. The van der Waals surface area contributed by atoms with Crippen LogP contribution in [0.15, 0.2) is 66.7 Å². The molecule has 254 valence electrons. The Morgan fingerprint density at radius 3 is 2.02 bits per heavy atom. The Hall–Kier alpha value is -3.76. The van der Waals surface area contributed by atoms with Crippen molar-refractivity contribution in [2.75, 3.05) is 32.8 Å². The summed E-state index contributed by atoms with van der Waals surface area (Å²) in [7, 11) is 0. The van der Waals surface area contributed by atoms with Crippen molar-refractivity contribution >= 4 is 11.9 Å². The van der Waals surface area contributed by atoms with Gasteiger partial charge in [0, 0.05) is 26.1 Å². The molecule has 3 saturated heterocycles. The number of carbonyl (C=O) groups is 2. The summed E-state index contributed by atoms with van der Waals surface area (Å²) in [5, 5.41) is 24.5. The summed E-state index contributed by atoms with van der Waals surface area (Å²) >= 11 is 0. The third-order valence-electron chi connectivity index (χ3n) is 8.95. The first-order valence-electron chi connectivity index (χ1n) is 16.5. The van der Waals surface area contributed by atoms with Gasteiger partial charge in [-0.2, -0.15) is 0 Å². The molecule has 3 aromatic carbocycles. The molecule has 2 unspecified atom stereocenters. The van der Waals surface area contributed by atoms with E-state index in [9.17, 15) is 19.8 Å². The first kappa shape index (κ1) is 36.1. The maximum atomic E-state index is 13.1. The van der Waals surface area contributed by atoms with Crippen molar-refractivity contribution in [1.29, 1.82) is 0 Å². The van der Waals surface area contributed by atoms with Gasteiger partial charge >= 0.3 is 11.9 Å². The van der Waals surface area contributed by atoms with Crippen LogP contribution in [0, 0.1) is 26.7 Å². The van der Waals surface area contributed by atoms with Crippen molar-refractivity contribution in [2.24, 2.45) is 5.92 Å². The molecule has 9 nitrogen and oxygen atoms in total. The number of ether oxygens (including phenoxy) is 3. The summed E-state index contributed by atoms with van der Waals surface area (Å²) in [6.07, 6.45) is 1.42. The summed E-state index contributed by atoms with van der Waals surface area (Å²) in [6, 6.07) is 20.3. The molecule has 6 rings (SSSR count). The van der Waals surface area contributed by atoms with Crippen LogP contribution in [0.4, 0.5) is 0 Å². The molecule has 0 saturated carbocycles. The van der Waals surface area contributed by atoms with Crippen molar-refractivity contribution < 1.29 is 34.0 Å². The smallest absolute Gasteiger partial charge is 0.348 e. The van der Waals surface area contributed by atoms with Crippen LogP contribution in [-0.2, 0) is 19.9 Å². The van der Waals surface area contributed by atoms with E-state index in [1.54, 1.807) is 24.3 Å². The minimum Gasteiger partial charge on any atom is -0.491 e. The molecule has 3 heterocycles. The van der Waals surface area contributed by atoms with E-state index in [0.717, 1.165) is 49.2 Å².